The Labute approximate surface area is 208 Å². The maximum absolute atomic E-state index is 5.51. The molecule has 0 unspecified atom stereocenters. The first-order valence-electron chi connectivity index (χ1n) is 11.2. The number of imidazole rings is 1. The van der Waals surface area contributed by atoms with E-state index >= 15 is 0 Å². The molecule has 32 heavy (non-hydrogen) atoms. The minimum absolute atomic E-state index is 0. The molecule has 0 bridgehead atoms. The van der Waals surface area contributed by atoms with Gasteiger partial charge in [-0.3, -0.25) is 0 Å². The average Bonchev–Trinajstić information content (AvgIpc) is 3.45. The molecule has 2 aromatic heterocycles. The number of nitrogens with one attached hydrogen (secondary N) is 2. The van der Waals surface area contributed by atoms with Crippen molar-refractivity contribution in [2.45, 2.75) is 65.6 Å². The largest absolute Gasteiger partial charge is 0.359 e. The van der Waals surface area contributed by atoms with Crippen LogP contribution < -0.4 is 10.6 Å². The van der Waals surface area contributed by atoms with E-state index in [4.69, 9.17) is 9.52 Å². The fraction of sp³-hybridized carbons (Fsp3) is 0.458. The zero-order chi connectivity index (χ0) is 21.9. The number of aryl methyl sites for hydroxylation is 2. The van der Waals surface area contributed by atoms with Gasteiger partial charge < -0.3 is 19.7 Å². The Hall–Kier alpha value is -2.36. The van der Waals surface area contributed by atoms with E-state index in [9.17, 15) is 0 Å². The van der Waals surface area contributed by atoms with E-state index in [2.05, 4.69) is 70.4 Å². The fourth-order valence-corrected chi connectivity index (χ4v) is 3.56. The Balaban J connectivity index is 0.00000363. The van der Waals surface area contributed by atoms with Crippen molar-refractivity contribution in [2.75, 3.05) is 6.54 Å². The van der Waals surface area contributed by atoms with Crippen LogP contribution in [-0.2, 0) is 26.1 Å². The third kappa shape index (κ3) is 7.65. The van der Waals surface area contributed by atoms with Gasteiger partial charge in [0.15, 0.2) is 11.7 Å². The first-order valence-corrected chi connectivity index (χ1v) is 11.2. The fourth-order valence-electron chi connectivity index (χ4n) is 3.56. The SMILES string of the molecule is CCNC(=NCc1nccn1CCc1ccccc1)NCc1cc(C(CC)CC)no1.I. The number of hydrogen-bond donors (Lipinski definition) is 2. The molecule has 3 aromatic rings. The van der Waals surface area contributed by atoms with Crippen LogP contribution in [0.25, 0.3) is 0 Å². The molecule has 0 amide bonds. The highest BCUT2D eigenvalue weighted by molar-refractivity contribution is 14.0. The Morgan fingerprint density at radius 1 is 1.12 bits per heavy atom. The highest BCUT2D eigenvalue weighted by atomic mass is 127. The zero-order valence-corrected chi connectivity index (χ0v) is 21.6. The van der Waals surface area contributed by atoms with Crippen molar-refractivity contribution in [1.29, 1.82) is 0 Å². The van der Waals surface area contributed by atoms with E-state index in [1.54, 1.807) is 0 Å². The molecular formula is C24H35IN6O. The Kier molecular flexibility index (Phi) is 11.3. The number of guanidine groups is 1. The molecule has 0 aliphatic heterocycles. The van der Waals surface area contributed by atoms with E-state index in [1.807, 2.05) is 24.5 Å². The minimum Gasteiger partial charge on any atom is -0.359 e. The van der Waals surface area contributed by atoms with Crippen LogP contribution in [0.15, 0.2) is 58.3 Å². The lowest BCUT2D eigenvalue weighted by Gasteiger charge is -2.11. The van der Waals surface area contributed by atoms with Gasteiger partial charge in [-0.05, 0) is 31.7 Å². The van der Waals surface area contributed by atoms with Gasteiger partial charge in [-0.1, -0.05) is 49.3 Å². The summed E-state index contributed by atoms with van der Waals surface area (Å²) in [5, 5.41) is 10.9. The van der Waals surface area contributed by atoms with Gasteiger partial charge in [0.05, 0.1) is 12.2 Å². The van der Waals surface area contributed by atoms with E-state index in [-0.39, 0.29) is 24.0 Å². The van der Waals surface area contributed by atoms with Gasteiger partial charge in [0, 0.05) is 37.5 Å². The van der Waals surface area contributed by atoms with Gasteiger partial charge in [-0.25, -0.2) is 9.98 Å². The third-order valence-corrected chi connectivity index (χ3v) is 5.42. The standard InChI is InChI=1S/C24H34N6O.HI/c1-4-20(5-2)22-16-21(31-29-22)17-27-24(25-6-3)28-18-23-26-13-15-30(23)14-12-19-10-8-7-9-11-19;/h7-11,13,15-16,20H,4-6,12,14,17-18H2,1-3H3,(H2,25,27,28);1H. The van der Waals surface area contributed by atoms with Crippen LogP contribution in [0.2, 0.25) is 0 Å². The second-order valence-corrected chi connectivity index (χ2v) is 7.55. The highest BCUT2D eigenvalue weighted by Gasteiger charge is 2.13. The Morgan fingerprint density at radius 3 is 2.62 bits per heavy atom. The molecule has 0 aliphatic carbocycles. The molecule has 174 valence electrons. The van der Waals surface area contributed by atoms with E-state index in [1.165, 1.54) is 5.56 Å². The number of aromatic nitrogens is 3. The van der Waals surface area contributed by atoms with Crippen LogP contribution in [0.4, 0.5) is 0 Å². The smallest absolute Gasteiger partial charge is 0.192 e. The molecule has 8 heteroatoms. The molecular weight excluding hydrogens is 515 g/mol. The van der Waals surface area contributed by atoms with Crippen molar-refractivity contribution >= 4 is 29.9 Å². The lowest BCUT2D eigenvalue weighted by atomic mass is 9.99. The molecule has 0 spiro atoms. The van der Waals surface area contributed by atoms with E-state index in [0.717, 1.165) is 55.6 Å². The summed E-state index contributed by atoms with van der Waals surface area (Å²) in [4.78, 5) is 9.20. The van der Waals surface area contributed by atoms with Gasteiger partial charge in [-0.2, -0.15) is 0 Å². The van der Waals surface area contributed by atoms with Gasteiger partial charge in [0.1, 0.15) is 12.4 Å². The first-order chi connectivity index (χ1) is 15.2. The summed E-state index contributed by atoms with van der Waals surface area (Å²) >= 11 is 0. The first kappa shape index (κ1) is 25.9. The molecule has 2 heterocycles. The van der Waals surface area contributed by atoms with Crippen LogP contribution in [0.3, 0.4) is 0 Å². The molecule has 0 aliphatic rings. The van der Waals surface area contributed by atoms with Crippen LogP contribution in [0.5, 0.6) is 0 Å². The summed E-state index contributed by atoms with van der Waals surface area (Å²) in [6.07, 6.45) is 6.95. The molecule has 3 rings (SSSR count). The monoisotopic (exact) mass is 550 g/mol. The summed E-state index contributed by atoms with van der Waals surface area (Å²) < 4.78 is 7.67. The summed E-state index contributed by atoms with van der Waals surface area (Å²) in [6.45, 7) is 9.13. The lowest BCUT2D eigenvalue weighted by molar-refractivity contribution is 0.368. The van der Waals surface area contributed by atoms with Crippen LogP contribution >= 0.6 is 24.0 Å². The molecule has 0 atom stereocenters. The summed E-state index contributed by atoms with van der Waals surface area (Å²) in [5.74, 6) is 2.95. The van der Waals surface area contributed by atoms with Gasteiger partial charge >= 0.3 is 0 Å². The molecule has 7 nitrogen and oxygen atoms in total. The van der Waals surface area contributed by atoms with Crippen molar-refractivity contribution in [3.05, 3.63) is 71.6 Å². The van der Waals surface area contributed by atoms with Crippen molar-refractivity contribution in [3.8, 4) is 0 Å². The van der Waals surface area contributed by atoms with E-state index in [0.29, 0.717) is 19.0 Å². The van der Waals surface area contributed by atoms with E-state index < -0.39 is 0 Å². The Morgan fingerprint density at radius 2 is 1.91 bits per heavy atom. The molecule has 1 aromatic carbocycles. The minimum atomic E-state index is 0. The molecule has 2 N–H and O–H groups in total. The number of aliphatic imine (C=N–C) groups is 1. The summed E-state index contributed by atoms with van der Waals surface area (Å²) in [7, 11) is 0. The maximum Gasteiger partial charge on any atom is 0.192 e. The summed E-state index contributed by atoms with van der Waals surface area (Å²) in [6, 6.07) is 12.5. The third-order valence-electron chi connectivity index (χ3n) is 5.42. The topological polar surface area (TPSA) is 80.3 Å². The highest BCUT2D eigenvalue weighted by Crippen LogP contribution is 2.22. The predicted octanol–water partition coefficient (Wildman–Crippen LogP) is 4.89. The molecule has 0 saturated carbocycles. The maximum atomic E-state index is 5.51. The average molecular weight is 550 g/mol. The Bertz CT molecular complexity index is 933. The van der Waals surface area contributed by atoms with Crippen molar-refractivity contribution < 1.29 is 4.52 Å². The quantitative estimate of drug-likeness (QED) is 0.202. The van der Waals surface area contributed by atoms with Crippen molar-refractivity contribution in [2.24, 2.45) is 4.99 Å². The molecule has 0 fully saturated rings. The van der Waals surface area contributed by atoms with Crippen LogP contribution in [0.1, 0.15) is 62.4 Å². The second kappa shape index (κ2) is 13.9. The number of benzene rings is 1. The number of nitrogens with zero attached hydrogens (tertiary/aromatic N) is 4. The lowest BCUT2D eigenvalue weighted by Crippen LogP contribution is -2.36. The van der Waals surface area contributed by atoms with Gasteiger partial charge in [0.25, 0.3) is 0 Å². The zero-order valence-electron chi connectivity index (χ0n) is 19.3. The van der Waals surface area contributed by atoms with Gasteiger partial charge in [-0.15, -0.1) is 24.0 Å². The van der Waals surface area contributed by atoms with Gasteiger partial charge in [0.2, 0.25) is 0 Å². The molecule has 0 saturated heterocycles. The van der Waals surface area contributed by atoms with Crippen molar-refractivity contribution in [3.63, 3.8) is 0 Å². The molecule has 0 radical (unpaired) electrons. The van der Waals surface area contributed by atoms with Crippen LogP contribution in [-0.4, -0.2) is 27.2 Å². The number of hydrogen-bond acceptors (Lipinski definition) is 4. The number of rotatable bonds is 11. The van der Waals surface area contributed by atoms with Crippen LogP contribution in [0, 0.1) is 0 Å². The number of halogens is 1. The van der Waals surface area contributed by atoms with Crippen molar-refractivity contribution in [1.82, 2.24) is 25.3 Å². The normalized spacial score (nSPS) is 11.4. The summed E-state index contributed by atoms with van der Waals surface area (Å²) in [5.41, 5.74) is 2.35. The predicted molar refractivity (Wildman–Crippen MR) is 139 cm³/mol. The second-order valence-electron chi connectivity index (χ2n) is 7.55.